The van der Waals surface area contributed by atoms with E-state index in [4.69, 9.17) is 5.73 Å². The number of hydrogen-bond acceptors (Lipinski definition) is 4. The number of aryl methyl sites for hydroxylation is 2. The summed E-state index contributed by atoms with van der Waals surface area (Å²) in [5.74, 6) is 1.49. The molecule has 3 aromatic rings. The molecule has 1 aromatic carbocycles. The van der Waals surface area contributed by atoms with Crippen molar-refractivity contribution in [2.45, 2.75) is 46.5 Å². The summed E-state index contributed by atoms with van der Waals surface area (Å²) >= 11 is 0. The Morgan fingerprint density at radius 2 is 1.81 bits per heavy atom. The molecule has 3 N–H and O–H groups in total. The van der Waals surface area contributed by atoms with E-state index in [1.54, 1.807) is 12.4 Å². The summed E-state index contributed by atoms with van der Waals surface area (Å²) < 4.78 is 0. The number of anilines is 1. The molecule has 2 heterocycles. The molecular weight excluding hydrogens is 322 g/mol. The molecule has 5 nitrogen and oxygen atoms in total. The van der Waals surface area contributed by atoms with Gasteiger partial charge in [-0.2, -0.15) is 0 Å². The van der Waals surface area contributed by atoms with Crippen molar-refractivity contribution in [3.05, 3.63) is 59.9 Å². The minimum absolute atomic E-state index is 0.309. The zero-order valence-electron chi connectivity index (χ0n) is 15.8. The summed E-state index contributed by atoms with van der Waals surface area (Å²) in [6.07, 6.45) is 9.31. The van der Waals surface area contributed by atoms with Crippen LogP contribution >= 0.6 is 0 Å². The number of nitrogen functional groups attached to an aromatic ring is 1. The van der Waals surface area contributed by atoms with Gasteiger partial charge in [0.05, 0.1) is 18.1 Å². The number of aromatic amines is 1. The molecular formula is C21H27N5. The van der Waals surface area contributed by atoms with E-state index in [-0.39, 0.29) is 0 Å². The summed E-state index contributed by atoms with van der Waals surface area (Å²) in [4.78, 5) is 16.4. The molecule has 0 aliphatic rings. The number of imidazole rings is 1. The van der Waals surface area contributed by atoms with Crippen molar-refractivity contribution in [2.75, 3.05) is 5.73 Å². The van der Waals surface area contributed by atoms with Gasteiger partial charge in [0.15, 0.2) is 0 Å². The maximum atomic E-state index is 5.70. The highest BCUT2D eigenvalue weighted by Gasteiger charge is 2.17. The molecule has 0 aliphatic heterocycles. The molecule has 0 unspecified atom stereocenters. The van der Waals surface area contributed by atoms with Crippen LogP contribution in [0, 0.1) is 5.41 Å². The minimum Gasteiger partial charge on any atom is -0.382 e. The molecule has 0 bridgehead atoms. The molecule has 3 rings (SSSR count). The van der Waals surface area contributed by atoms with Crippen LogP contribution in [0.2, 0.25) is 0 Å². The fourth-order valence-electron chi connectivity index (χ4n) is 2.89. The first-order valence-corrected chi connectivity index (χ1v) is 9.15. The SMILES string of the molecule is CCC(C)(C)Cc1cnc(CCc2ccc(-c3cncc(N)n3)cc2)[nH]1. The first-order chi connectivity index (χ1) is 12.4. The number of rotatable bonds is 7. The number of nitrogens with two attached hydrogens (primary N) is 1. The quantitative estimate of drug-likeness (QED) is 0.669. The molecule has 0 radical (unpaired) electrons. The number of aromatic nitrogens is 4. The van der Waals surface area contributed by atoms with Gasteiger partial charge in [-0.25, -0.2) is 9.97 Å². The summed E-state index contributed by atoms with van der Waals surface area (Å²) in [6, 6.07) is 8.39. The van der Waals surface area contributed by atoms with Crippen LogP contribution in [0.4, 0.5) is 5.82 Å². The maximum Gasteiger partial charge on any atom is 0.142 e. The van der Waals surface area contributed by atoms with Crippen LogP contribution in [0.15, 0.2) is 42.9 Å². The van der Waals surface area contributed by atoms with Crippen molar-refractivity contribution in [3.8, 4) is 11.3 Å². The third-order valence-corrected chi connectivity index (χ3v) is 4.86. The topological polar surface area (TPSA) is 80.5 Å². The van der Waals surface area contributed by atoms with Crippen molar-refractivity contribution in [1.82, 2.24) is 19.9 Å². The van der Waals surface area contributed by atoms with Gasteiger partial charge in [0.2, 0.25) is 0 Å². The molecule has 0 atom stereocenters. The predicted molar refractivity (Wildman–Crippen MR) is 106 cm³/mol. The smallest absolute Gasteiger partial charge is 0.142 e. The van der Waals surface area contributed by atoms with E-state index >= 15 is 0 Å². The van der Waals surface area contributed by atoms with E-state index in [1.165, 1.54) is 11.3 Å². The van der Waals surface area contributed by atoms with E-state index in [0.717, 1.165) is 42.8 Å². The Labute approximate surface area is 155 Å². The molecule has 0 spiro atoms. The van der Waals surface area contributed by atoms with Gasteiger partial charge in [-0.1, -0.05) is 51.5 Å². The van der Waals surface area contributed by atoms with Crippen LogP contribution in [0.1, 0.15) is 44.3 Å². The summed E-state index contributed by atoms with van der Waals surface area (Å²) in [5.41, 5.74) is 10.3. The normalized spacial score (nSPS) is 11.7. The van der Waals surface area contributed by atoms with E-state index in [2.05, 4.69) is 65.0 Å². The molecule has 0 saturated carbocycles. The average molecular weight is 349 g/mol. The molecule has 0 aliphatic carbocycles. The lowest BCUT2D eigenvalue weighted by molar-refractivity contribution is 0.346. The third kappa shape index (κ3) is 4.69. The number of nitrogens with one attached hydrogen (secondary N) is 1. The number of benzene rings is 1. The molecule has 2 aromatic heterocycles. The van der Waals surface area contributed by atoms with Crippen LogP contribution in [0.3, 0.4) is 0 Å². The number of H-pyrrole nitrogens is 1. The second-order valence-corrected chi connectivity index (χ2v) is 7.58. The largest absolute Gasteiger partial charge is 0.382 e. The van der Waals surface area contributed by atoms with Crippen LogP contribution in [0.5, 0.6) is 0 Å². The van der Waals surface area contributed by atoms with Gasteiger partial charge in [0, 0.05) is 23.9 Å². The zero-order chi connectivity index (χ0) is 18.6. The minimum atomic E-state index is 0.309. The van der Waals surface area contributed by atoms with Gasteiger partial charge in [0.25, 0.3) is 0 Å². The Balaban J connectivity index is 1.59. The van der Waals surface area contributed by atoms with Gasteiger partial charge in [-0.15, -0.1) is 0 Å². The number of hydrogen-bond donors (Lipinski definition) is 2. The van der Waals surface area contributed by atoms with Crippen molar-refractivity contribution in [1.29, 1.82) is 0 Å². The van der Waals surface area contributed by atoms with E-state index in [1.807, 2.05) is 6.20 Å². The molecule has 0 amide bonds. The highest BCUT2D eigenvalue weighted by Crippen LogP contribution is 2.24. The zero-order valence-corrected chi connectivity index (χ0v) is 15.8. The van der Waals surface area contributed by atoms with Crippen molar-refractivity contribution in [2.24, 2.45) is 5.41 Å². The van der Waals surface area contributed by atoms with E-state index in [0.29, 0.717) is 11.2 Å². The maximum absolute atomic E-state index is 5.70. The van der Waals surface area contributed by atoms with Crippen LogP contribution in [-0.4, -0.2) is 19.9 Å². The average Bonchev–Trinajstić information content (AvgIpc) is 3.07. The van der Waals surface area contributed by atoms with Crippen molar-refractivity contribution >= 4 is 5.82 Å². The second-order valence-electron chi connectivity index (χ2n) is 7.58. The third-order valence-electron chi connectivity index (χ3n) is 4.86. The van der Waals surface area contributed by atoms with Crippen LogP contribution < -0.4 is 5.73 Å². The van der Waals surface area contributed by atoms with Gasteiger partial charge in [0.1, 0.15) is 11.6 Å². The summed E-state index contributed by atoms with van der Waals surface area (Å²) in [5, 5.41) is 0. The van der Waals surface area contributed by atoms with Crippen LogP contribution in [-0.2, 0) is 19.3 Å². The van der Waals surface area contributed by atoms with Gasteiger partial charge in [-0.05, 0) is 23.8 Å². The standard InChI is InChI=1S/C21H27N5/c1-4-21(2,3)11-17-12-24-20(25-17)10-7-15-5-8-16(9-6-15)18-13-23-14-19(22)26-18/h5-6,8-9,12-14H,4,7,10-11H2,1-3H3,(H2,22,26)(H,24,25). The molecule has 26 heavy (non-hydrogen) atoms. The Morgan fingerprint density at radius 3 is 2.50 bits per heavy atom. The lowest BCUT2D eigenvalue weighted by Gasteiger charge is -2.21. The molecule has 0 saturated heterocycles. The lowest BCUT2D eigenvalue weighted by Crippen LogP contribution is -2.13. The Hall–Kier alpha value is -2.69. The van der Waals surface area contributed by atoms with Gasteiger partial charge >= 0.3 is 0 Å². The van der Waals surface area contributed by atoms with Gasteiger partial charge < -0.3 is 10.7 Å². The Morgan fingerprint density at radius 1 is 1.04 bits per heavy atom. The lowest BCUT2D eigenvalue weighted by atomic mass is 9.85. The molecule has 5 heteroatoms. The Kier molecular flexibility index (Phi) is 5.35. The highest BCUT2D eigenvalue weighted by atomic mass is 14.9. The highest BCUT2D eigenvalue weighted by molar-refractivity contribution is 5.59. The van der Waals surface area contributed by atoms with Crippen molar-refractivity contribution < 1.29 is 0 Å². The monoisotopic (exact) mass is 349 g/mol. The van der Waals surface area contributed by atoms with E-state index in [9.17, 15) is 0 Å². The van der Waals surface area contributed by atoms with Crippen molar-refractivity contribution in [3.63, 3.8) is 0 Å². The molecule has 136 valence electrons. The summed E-state index contributed by atoms with van der Waals surface area (Å²) in [7, 11) is 0. The van der Waals surface area contributed by atoms with Gasteiger partial charge in [-0.3, -0.25) is 4.98 Å². The predicted octanol–water partition coefficient (Wildman–Crippen LogP) is 4.21. The summed E-state index contributed by atoms with van der Waals surface area (Å²) in [6.45, 7) is 6.82. The fraction of sp³-hybridized carbons (Fsp3) is 0.381. The Bertz CT molecular complexity index is 849. The fourth-order valence-corrected chi connectivity index (χ4v) is 2.89. The van der Waals surface area contributed by atoms with E-state index < -0.39 is 0 Å². The number of nitrogens with zero attached hydrogens (tertiary/aromatic N) is 3. The first-order valence-electron chi connectivity index (χ1n) is 9.15. The van der Waals surface area contributed by atoms with Crippen LogP contribution in [0.25, 0.3) is 11.3 Å². The first kappa shape index (κ1) is 18.1. The molecule has 0 fully saturated rings. The second kappa shape index (κ2) is 7.68.